The van der Waals surface area contributed by atoms with Gasteiger partial charge in [0.05, 0.1) is 24.7 Å². The Morgan fingerprint density at radius 1 is 1.06 bits per heavy atom. The van der Waals surface area contributed by atoms with E-state index in [2.05, 4.69) is 9.97 Å². The third-order valence-electron chi connectivity index (χ3n) is 6.94. The number of benzene rings is 1. The highest BCUT2D eigenvalue weighted by Gasteiger charge is 2.85. The molecule has 2 heterocycles. The fraction of sp³-hybridized carbons (Fsp3) is 0.524. The van der Waals surface area contributed by atoms with Gasteiger partial charge < -0.3 is 14.6 Å². The van der Waals surface area contributed by atoms with Gasteiger partial charge in [-0.3, -0.25) is 4.98 Å². The Morgan fingerprint density at radius 3 is 2.24 bits per heavy atom. The van der Waals surface area contributed by atoms with Crippen LogP contribution in [0.25, 0.3) is 0 Å². The van der Waals surface area contributed by atoms with Crippen molar-refractivity contribution in [1.29, 1.82) is 0 Å². The second-order valence-electron chi connectivity index (χ2n) is 9.01. The first-order valence-corrected chi connectivity index (χ1v) is 10.0. The van der Waals surface area contributed by atoms with E-state index in [0.29, 0.717) is 11.8 Å². The molecule has 6 rings (SSSR count). The van der Waals surface area contributed by atoms with E-state index in [1.54, 1.807) is 0 Å². The minimum atomic E-state index is -4.84. The third kappa shape index (κ3) is 3.13. The molecule has 2 atom stereocenters. The van der Waals surface area contributed by atoms with Crippen LogP contribution in [-0.4, -0.2) is 46.5 Å². The zero-order valence-electron chi connectivity index (χ0n) is 16.8. The van der Waals surface area contributed by atoms with E-state index in [4.69, 9.17) is 14.6 Å². The molecule has 1 saturated heterocycles. The van der Waals surface area contributed by atoms with Crippen molar-refractivity contribution in [1.82, 2.24) is 9.97 Å². The smallest absolute Gasteiger partial charge is 0.417 e. The average Bonchev–Trinajstić information content (AvgIpc) is 3.46. The summed E-state index contributed by atoms with van der Waals surface area (Å²) in [7, 11) is 0. The molecule has 2 aromatic rings. The number of epoxide rings is 1. The van der Waals surface area contributed by atoms with Gasteiger partial charge in [-0.2, -0.15) is 13.2 Å². The summed E-state index contributed by atoms with van der Waals surface area (Å²) in [4.78, 5) is 7.95. The summed E-state index contributed by atoms with van der Waals surface area (Å²) in [6.07, 6.45) is -5.06. The molecule has 3 aliphatic carbocycles. The summed E-state index contributed by atoms with van der Waals surface area (Å²) in [5.41, 5.74) is -4.23. The molecule has 4 aliphatic rings. The van der Waals surface area contributed by atoms with Crippen molar-refractivity contribution >= 4 is 0 Å². The maximum absolute atomic E-state index is 15.6. The predicted molar refractivity (Wildman–Crippen MR) is 96.5 cm³/mol. The molecule has 1 aliphatic heterocycles. The lowest BCUT2D eigenvalue weighted by molar-refractivity contribution is -0.307. The number of hydrogen-bond acceptors (Lipinski definition) is 5. The average molecular weight is 478 g/mol. The third-order valence-corrected chi connectivity index (χ3v) is 6.94. The number of hydrogen-bond donors (Lipinski definition) is 1. The number of ether oxygens (including phenoxy) is 2. The van der Waals surface area contributed by atoms with Gasteiger partial charge in [0.25, 0.3) is 5.92 Å². The van der Waals surface area contributed by atoms with Gasteiger partial charge in [0, 0.05) is 22.5 Å². The summed E-state index contributed by atoms with van der Waals surface area (Å²) >= 11 is 0. The molecule has 2 unspecified atom stereocenters. The highest BCUT2D eigenvalue weighted by Crippen LogP contribution is 2.81. The zero-order chi connectivity index (χ0) is 23.9. The number of rotatable bonds is 7. The highest BCUT2D eigenvalue weighted by molar-refractivity contribution is 5.42. The summed E-state index contributed by atoms with van der Waals surface area (Å²) in [6, 6.07) is 2.44. The Labute approximate surface area is 182 Å². The minimum absolute atomic E-state index is 0.0442. The van der Waals surface area contributed by atoms with Gasteiger partial charge in [-0.1, -0.05) is 0 Å². The maximum Gasteiger partial charge on any atom is 0.417 e. The second kappa shape index (κ2) is 6.78. The van der Waals surface area contributed by atoms with E-state index in [0.717, 1.165) is 18.3 Å². The topological polar surface area (TPSA) is 67.8 Å². The van der Waals surface area contributed by atoms with Crippen LogP contribution < -0.4 is 4.74 Å². The Morgan fingerprint density at radius 2 is 1.73 bits per heavy atom. The molecule has 1 N–H and O–H groups in total. The van der Waals surface area contributed by atoms with Crippen LogP contribution in [0.15, 0.2) is 30.6 Å². The normalized spacial score (nSPS) is 31.4. The van der Waals surface area contributed by atoms with Crippen LogP contribution in [0.2, 0.25) is 0 Å². The summed E-state index contributed by atoms with van der Waals surface area (Å²) in [5, 5.41) is 8.95. The molecule has 0 spiro atoms. The first-order valence-electron chi connectivity index (χ1n) is 10.0. The zero-order valence-corrected chi connectivity index (χ0v) is 16.8. The van der Waals surface area contributed by atoms with Crippen molar-refractivity contribution in [3.05, 3.63) is 53.5 Å². The van der Waals surface area contributed by atoms with Crippen molar-refractivity contribution < 1.29 is 45.3 Å². The van der Waals surface area contributed by atoms with Crippen molar-refractivity contribution in [2.45, 2.75) is 48.5 Å². The van der Waals surface area contributed by atoms with Gasteiger partial charge >= 0.3 is 6.18 Å². The Balaban J connectivity index is 1.27. The monoisotopic (exact) mass is 478 g/mol. The predicted octanol–water partition coefficient (Wildman–Crippen LogP) is 4.04. The van der Waals surface area contributed by atoms with Gasteiger partial charge in [0.2, 0.25) is 5.88 Å². The molecule has 33 heavy (non-hydrogen) atoms. The molecule has 0 radical (unpaired) electrons. The molecular formula is C21H17F7N2O3. The molecule has 0 amide bonds. The molecule has 1 aromatic carbocycles. The number of halogens is 7. The minimum Gasteiger partial charge on any atom is -0.473 e. The van der Waals surface area contributed by atoms with Crippen LogP contribution in [0, 0.1) is 17.0 Å². The maximum atomic E-state index is 15.6. The standard InChI is InChI=1S/C21H17F7N2O3/c22-11-1-2-12(13(23)3-11)19(10-33-19)21(27,28)18-7-17(8-18,9-18)14-4-30-16(5-29-14)32-6-15(31)20(24,25)26/h1-5,15,31H,6-10H2. The summed E-state index contributed by atoms with van der Waals surface area (Å²) in [6.45, 7) is -1.44. The Bertz CT molecular complexity index is 1070. The Hall–Kier alpha value is -2.47. The molecule has 4 fully saturated rings. The van der Waals surface area contributed by atoms with Crippen LogP contribution in [0.5, 0.6) is 5.88 Å². The molecule has 1 aromatic heterocycles. The van der Waals surface area contributed by atoms with Crippen molar-refractivity contribution in [2.75, 3.05) is 13.2 Å². The summed E-state index contributed by atoms with van der Waals surface area (Å²) < 4.78 is 105. The fourth-order valence-electron chi connectivity index (χ4n) is 5.14. The molecule has 178 valence electrons. The first kappa shape index (κ1) is 22.3. The SMILES string of the molecule is OC(COc1cnc(C23CC(C(F)(F)C4(c5ccc(F)cc5F)CO4)(C2)C3)cn1)C(F)(F)F. The highest BCUT2D eigenvalue weighted by atomic mass is 19.4. The number of aliphatic hydroxyl groups excluding tert-OH is 1. The Kier molecular flexibility index (Phi) is 4.59. The fourth-order valence-corrected chi connectivity index (χ4v) is 5.14. The van der Waals surface area contributed by atoms with Crippen LogP contribution in [0.1, 0.15) is 30.5 Å². The molecular weight excluding hydrogens is 461 g/mol. The van der Waals surface area contributed by atoms with Gasteiger partial charge in [0.15, 0.2) is 11.7 Å². The van der Waals surface area contributed by atoms with Gasteiger partial charge in [-0.15, -0.1) is 0 Å². The largest absolute Gasteiger partial charge is 0.473 e. The van der Waals surface area contributed by atoms with Gasteiger partial charge in [0.1, 0.15) is 18.2 Å². The van der Waals surface area contributed by atoms with Crippen molar-refractivity contribution in [2.24, 2.45) is 5.41 Å². The number of aliphatic hydroxyl groups is 1. The lowest BCUT2D eigenvalue weighted by atomic mass is 9.31. The van der Waals surface area contributed by atoms with E-state index >= 15 is 8.78 Å². The number of alkyl halides is 5. The van der Waals surface area contributed by atoms with Gasteiger partial charge in [-0.25, -0.2) is 22.5 Å². The molecule has 12 heteroatoms. The van der Waals surface area contributed by atoms with Crippen LogP contribution in [-0.2, 0) is 15.8 Å². The number of aromatic nitrogens is 2. The van der Waals surface area contributed by atoms with E-state index in [1.165, 1.54) is 6.20 Å². The second-order valence-corrected chi connectivity index (χ2v) is 9.01. The molecule has 2 bridgehead atoms. The lowest BCUT2D eigenvalue weighted by Gasteiger charge is -2.72. The van der Waals surface area contributed by atoms with Crippen molar-refractivity contribution in [3.63, 3.8) is 0 Å². The number of nitrogens with zero attached hydrogens (tertiary/aromatic N) is 2. The van der Waals surface area contributed by atoms with Gasteiger partial charge in [-0.05, 0) is 31.4 Å². The van der Waals surface area contributed by atoms with Crippen LogP contribution in [0.3, 0.4) is 0 Å². The summed E-state index contributed by atoms with van der Waals surface area (Å²) in [5.74, 6) is -5.62. The van der Waals surface area contributed by atoms with Crippen LogP contribution >= 0.6 is 0 Å². The van der Waals surface area contributed by atoms with E-state index in [1.807, 2.05) is 0 Å². The molecule has 3 saturated carbocycles. The quantitative estimate of drug-likeness (QED) is 0.481. The van der Waals surface area contributed by atoms with E-state index in [9.17, 15) is 22.0 Å². The molecule has 5 nitrogen and oxygen atoms in total. The first-order chi connectivity index (χ1) is 15.3. The lowest BCUT2D eigenvalue weighted by Crippen LogP contribution is -2.74. The van der Waals surface area contributed by atoms with Crippen LogP contribution in [0.4, 0.5) is 30.7 Å². The van der Waals surface area contributed by atoms with E-state index in [-0.39, 0.29) is 37.3 Å². The van der Waals surface area contributed by atoms with Crippen molar-refractivity contribution in [3.8, 4) is 5.88 Å². The van der Waals surface area contributed by atoms with E-state index < -0.39 is 52.9 Å².